The van der Waals surface area contributed by atoms with E-state index in [1.54, 1.807) is 6.07 Å². The maximum Gasteiger partial charge on any atom is 0.416 e. The molecule has 0 unspecified atom stereocenters. The van der Waals surface area contributed by atoms with Gasteiger partial charge in [0.1, 0.15) is 0 Å². The van der Waals surface area contributed by atoms with Crippen LogP contribution in [0.4, 0.5) is 13.2 Å². The third-order valence-electron chi connectivity index (χ3n) is 3.34. The molecule has 0 aliphatic carbocycles. The van der Waals surface area contributed by atoms with Crippen molar-refractivity contribution in [3.63, 3.8) is 0 Å². The number of benzene rings is 2. The summed E-state index contributed by atoms with van der Waals surface area (Å²) in [4.78, 5) is 16.3. The number of nitrogens with zero attached hydrogens (tertiary/aromatic N) is 1. The number of rotatable bonds is 5. The molecular weight excluding hydrogens is 369 g/mol. The Morgan fingerprint density at radius 3 is 2.72 bits per heavy atom. The quantitative estimate of drug-likeness (QED) is 0.649. The third-order valence-corrected chi connectivity index (χ3v) is 5.52. The summed E-state index contributed by atoms with van der Waals surface area (Å²) < 4.78 is 39.8. The first-order valence-corrected chi connectivity index (χ1v) is 9.13. The lowest BCUT2D eigenvalue weighted by atomic mass is 10.1. The maximum absolute atomic E-state index is 12.7. The van der Waals surface area contributed by atoms with Crippen molar-refractivity contribution in [3.05, 3.63) is 59.7 Å². The molecule has 3 rings (SSSR count). The van der Waals surface area contributed by atoms with E-state index in [9.17, 15) is 18.0 Å². The number of fused-ring (bicyclic) bond motifs is 1. The topological polar surface area (TPSA) is 42.0 Å². The average Bonchev–Trinajstić information content (AvgIpc) is 3.00. The Labute approximate surface area is 150 Å². The molecular formula is C17H13F3N2OS2. The zero-order valence-electron chi connectivity index (χ0n) is 12.8. The minimum atomic E-state index is -4.39. The Balaban J connectivity index is 1.53. The molecule has 1 amide bonds. The summed E-state index contributed by atoms with van der Waals surface area (Å²) in [6.45, 7) is 0.0587. The van der Waals surface area contributed by atoms with Crippen LogP contribution >= 0.6 is 23.1 Å². The Morgan fingerprint density at radius 2 is 1.96 bits per heavy atom. The average molecular weight is 382 g/mol. The van der Waals surface area contributed by atoms with Gasteiger partial charge in [0.15, 0.2) is 4.34 Å². The fraction of sp³-hybridized carbons (Fsp3) is 0.176. The summed E-state index contributed by atoms with van der Waals surface area (Å²) in [7, 11) is 0. The molecule has 25 heavy (non-hydrogen) atoms. The van der Waals surface area contributed by atoms with Gasteiger partial charge in [-0.05, 0) is 29.8 Å². The number of thioether (sulfide) groups is 1. The number of para-hydroxylation sites is 1. The number of carbonyl (C=O) groups is 1. The first-order chi connectivity index (χ1) is 11.9. The highest BCUT2D eigenvalue weighted by molar-refractivity contribution is 8.01. The molecule has 0 radical (unpaired) electrons. The van der Waals surface area contributed by atoms with E-state index >= 15 is 0 Å². The largest absolute Gasteiger partial charge is 0.416 e. The lowest BCUT2D eigenvalue weighted by molar-refractivity contribution is -0.137. The first-order valence-electron chi connectivity index (χ1n) is 7.33. The Kier molecular flexibility index (Phi) is 5.29. The van der Waals surface area contributed by atoms with Crippen molar-refractivity contribution in [1.82, 2.24) is 10.3 Å². The van der Waals surface area contributed by atoms with Gasteiger partial charge >= 0.3 is 6.18 Å². The van der Waals surface area contributed by atoms with Crippen LogP contribution in [-0.4, -0.2) is 16.6 Å². The molecule has 1 aromatic heterocycles. The van der Waals surface area contributed by atoms with Crippen molar-refractivity contribution in [2.24, 2.45) is 0 Å². The van der Waals surface area contributed by atoms with E-state index in [4.69, 9.17) is 0 Å². The Bertz CT molecular complexity index is 860. The van der Waals surface area contributed by atoms with Gasteiger partial charge in [0, 0.05) is 6.54 Å². The van der Waals surface area contributed by atoms with Crippen LogP contribution in [0.25, 0.3) is 10.2 Å². The SMILES string of the molecule is O=C(CSc1nc2ccccc2s1)NCc1cccc(C(F)(F)F)c1. The van der Waals surface area contributed by atoms with Crippen LogP contribution < -0.4 is 5.32 Å². The number of hydrogen-bond acceptors (Lipinski definition) is 4. The van der Waals surface area contributed by atoms with Gasteiger partial charge in [-0.15, -0.1) is 11.3 Å². The molecule has 0 aliphatic rings. The molecule has 0 fully saturated rings. The predicted molar refractivity (Wildman–Crippen MR) is 93.6 cm³/mol. The van der Waals surface area contributed by atoms with E-state index in [0.717, 1.165) is 26.7 Å². The molecule has 0 atom stereocenters. The number of carbonyl (C=O) groups excluding carboxylic acids is 1. The molecule has 130 valence electrons. The van der Waals surface area contributed by atoms with Crippen molar-refractivity contribution in [2.45, 2.75) is 17.1 Å². The summed E-state index contributed by atoms with van der Waals surface area (Å²) in [6.07, 6.45) is -4.39. The monoisotopic (exact) mass is 382 g/mol. The van der Waals surface area contributed by atoms with Gasteiger partial charge in [0.05, 0.1) is 21.5 Å². The van der Waals surface area contributed by atoms with Crippen LogP contribution in [0.1, 0.15) is 11.1 Å². The fourth-order valence-electron chi connectivity index (χ4n) is 2.15. The molecule has 1 heterocycles. The molecule has 1 N–H and O–H groups in total. The highest BCUT2D eigenvalue weighted by atomic mass is 32.2. The van der Waals surface area contributed by atoms with Crippen LogP contribution in [0.3, 0.4) is 0 Å². The first kappa shape index (κ1) is 17.8. The predicted octanol–water partition coefficient (Wildman–Crippen LogP) is 4.72. The number of halogens is 3. The molecule has 2 aromatic carbocycles. The molecule has 0 spiro atoms. The summed E-state index contributed by atoms with van der Waals surface area (Å²) in [6, 6.07) is 12.6. The molecule has 0 bridgehead atoms. The number of hydrogen-bond donors (Lipinski definition) is 1. The highest BCUT2D eigenvalue weighted by Gasteiger charge is 2.30. The van der Waals surface area contributed by atoms with Crippen LogP contribution in [0.2, 0.25) is 0 Å². The Morgan fingerprint density at radius 1 is 1.16 bits per heavy atom. The van der Waals surface area contributed by atoms with E-state index in [1.807, 2.05) is 24.3 Å². The van der Waals surface area contributed by atoms with Gasteiger partial charge in [0.2, 0.25) is 5.91 Å². The number of alkyl halides is 3. The zero-order valence-corrected chi connectivity index (χ0v) is 14.5. The summed E-state index contributed by atoms with van der Waals surface area (Å²) in [5, 5.41) is 2.63. The zero-order chi connectivity index (χ0) is 17.9. The second-order valence-corrected chi connectivity index (χ2v) is 7.46. The standard InChI is InChI=1S/C17H13F3N2OS2/c18-17(19,20)12-5-3-4-11(8-12)9-21-15(23)10-24-16-22-13-6-1-2-7-14(13)25-16/h1-8H,9-10H2,(H,21,23). The third kappa shape index (κ3) is 4.73. The van der Waals surface area contributed by atoms with Crippen LogP contribution in [0.5, 0.6) is 0 Å². The van der Waals surface area contributed by atoms with E-state index in [0.29, 0.717) is 5.56 Å². The van der Waals surface area contributed by atoms with Crippen LogP contribution in [0, 0.1) is 0 Å². The summed E-state index contributed by atoms with van der Waals surface area (Å²) in [5.74, 6) is -0.0830. The second-order valence-electron chi connectivity index (χ2n) is 5.21. The maximum atomic E-state index is 12.7. The molecule has 3 aromatic rings. The second kappa shape index (κ2) is 7.45. The fourth-order valence-corrected chi connectivity index (χ4v) is 4.05. The van der Waals surface area contributed by atoms with Crippen LogP contribution in [0.15, 0.2) is 52.9 Å². The number of nitrogens with one attached hydrogen (secondary N) is 1. The molecule has 0 aliphatic heterocycles. The number of aromatic nitrogens is 1. The minimum Gasteiger partial charge on any atom is -0.351 e. The molecule has 3 nitrogen and oxygen atoms in total. The smallest absolute Gasteiger partial charge is 0.351 e. The van der Waals surface area contributed by atoms with E-state index in [-0.39, 0.29) is 18.2 Å². The van der Waals surface area contributed by atoms with E-state index in [2.05, 4.69) is 10.3 Å². The van der Waals surface area contributed by atoms with Gasteiger partial charge in [0.25, 0.3) is 0 Å². The van der Waals surface area contributed by atoms with Gasteiger partial charge in [-0.25, -0.2) is 4.98 Å². The summed E-state index contributed by atoms with van der Waals surface area (Å²) >= 11 is 2.82. The minimum absolute atomic E-state index is 0.0587. The van der Waals surface area contributed by atoms with Crippen molar-refractivity contribution < 1.29 is 18.0 Å². The molecule has 8 heteroatoms. The summed E-state index contributed by atoms with van der Waals surface area (Å²) in [5.41, 5.74) is 0.579. The van der Waals surface area contributed by atoms with Crippen molar-refractivity contribution in [2.75, 3.05) is 5.75 Å². The van der Waals surface area contributed by atoms with Crippen molar-refractivity contribution >= 4 is 39.2 Å². The van der Waals surface area contributed by atoms with Gasteiger partial charge in [-0.3, -0.25) is 4.79 Å². The van der Waals surface area contributed by atoms with Gasteiger partial charge in [-0.1, -0.05) is 36.0 Å². The Hall–Kier alpha value is -2.06. The van der Waals surface area contributed by atoms with Gasteiger partial charge < -0.3 is 5.32 Å². The van der Waals surface area contributed by atoms with E-state index < -0.39 is 11.7 Å². The van der Waals surface area contributed by atoms with Crippen LogP contribution in [-0.2, 0) is 17.5 Å². The normalized spacial score (nSPS) is 11.6. The number of amides is 1. The molecule has 0 saturated carbocycles. The number of thiazole rings is 1. The molecule has 0 saturated heterocycles. The van der Waals surface area contributed by atoms with Crippen molar-refractivity contribution in [1.29, 1.82) is 0 Å². The lowest BCUT2D eigenvalue weighted by Gasteiger charge is -2.09. The van der Waals surface area contributed by atoms with Crippen molar-refractivity contribution in [3.8, 4) is 0 Å². The van der Waals surface area contributed by atoms with E-state index in [1.165, 1.54) is 29.2 Å². The lowest BCUT2D eigenvalue weighted by Crippen LogP contribution is -2.24. The highest BCUT2D eigenvalue weighted by Crippen LogP contribution is 2.30. The van der Waals surface area contributed by atoms with Gasteiger partial charge in [-0.2, -0.15) is 13.2 Å².